The van der Waals surface area contributed by atoms with Gasteiger partial charge >= 0.3 is 0 Å². The van der Waals surface area contributed by atoms with Crippen molar-refractivity contribution in [1.82, 2.24) is 5.32 Å². The summed E-state index contributed by atoms with van der Waals surface area (Å²) >= 11 is 0. The molecule has 1 N–H and O–H groups in total. The van der Waals surface area contributed by atoms with Gasteiger partial charge in [0.25, 0.3) is 0 Å². The number of carbonyl (C=O) groups is 1. The van der Waals surface area contributed by atoms with Gasteiger partial charge in [0, 0.05) is 12.1 Å². The summed E-state index contributed by atoms with van der Waals surface area (Å²) in [4.78, 5) is 11.2. The van der Waals surface area contributed by atoms with Crippen molar-refractivity contribution in [2.24, 2.45) is 0 Å². The predicted octanol–water partition coefficient (Wildman–Crippen LogP) is 2.55. The van der Waals surface area contributed by atoms with Crippen LogP contribution in [0.15, 0.2) is 36.6 Å². The topological polar surface area (TPSA) is 29.1 Å². The molecule has 0 aliphatic heterocycles. The van der Waals surface area contributed by atoms with E-state index >= 15 is 0 Å². The smallest absolute Gasteiger partial charge is 0.224 e. The zero-order valence-electron chi connectivity index (χ0n) is 8.34. The van der Waals surface area contributed by atoms with Crippen molar-refractivity contribution >= 4 is 5.91 Å². The van der Waals surface area contributed by atoms with Crippen LogP contribution in [-0.4, -0.2) is 5.91 Å². The lowest BCUT2D eigenvalue weighted by Gasteiger charge is -2.03. The zero-order valence-corrected chi connectivity index (χ0v) is 8.34. The third-order valence-electron chi connectivity index (χ3n) is 1.48. The highest BCUT2D eigenvalue weighted by Crippen LogP contribution is 1.94. The van der Waals surface area contributed by atoms with Crippen LogP contribution in [0.1, 0.15) is 26.7 Å². The van der Waals surface area contributed by atoms with Crippen molar-refractivity contribution in [2.45, 2.75) is 26.7 Å². The van der Waals surface area contributed by atoms with E-state index in [1.807, 2.05) is 26.0 Å². The molecule has 0 saturated carbocycles. The molecule has 2 nitrogen and oxygen atoms in total. The Labute approximate surface area is 80.0 Å². The summed E-state index contributed by atoms with van der Waals surface area (Å²) in [5, 5.41) is 2.79. The van der Waals surface area contributed by atoms with Crippen molar-refractivity contribution in [3.63, 3.8) is 0 Å². The van der Waals surface area contributed by atoms with E-state index in [0.717, 1.165) is 12.1 Å². The fraction of sp³-hybridized carbons (Fsp3) is 0.364. The normalized spacial score (nSPS) is 11.7. The molecule has 0 aliphatic rings. The highest BCUT2D eigenvalue weighted by atomic mass is 16.1. The lowest BCUT2D eigenvalue weighted by atomic mass is 10.3. The molecule has 0 rings (SSSR count). The first kappa shape index (κ1) is 11.7. The highest BCUT2D eigenvalue weighted by molar-refractivity contribution is 5.78. The van der Waals surface area contributed by atoms with Crippen molar-refractivity contribution in [2.75, 3.05) is 0 Å². The Kier molecular flexibility index (Phi) is 6.60. The summed E-state index contributed by atoms with van der Waals surface area (Å²) in [6, 6.07) is 0. The Morgan fingerprint density at radius 2 is 2.23 bits per heavy atom. The third kappa shape index (κ3) is 5.91. The van der Waals surface area contributed by atoms with E-state index in [9.17, 15) is 4.79 Å². The molecule has 1 amide bonds. The number of hydrogen-bond donors (Lipinski definition) is 1. The highest BCUT2D eigenvalue weighted by Gasteiger charge is 1.98. The molecule has 0 aromatic carbocycles. The van der Waals surface area contributed by atoms with Crippen molar-refractivity contribution in [3.05, 3.63) is 36.6 Å². The maximum Gasteiger partial charge on any atom is 0.224 e. The Bertz CT molecular complexity index is 226. The molecule has 0 aliphatic carbocycles. The van der Waals surface area contributed by atoms with Crippen LogP contribution in [0.2, 0.25) is 0 Å². The molecular weight excluding hydrogens is 162 g/mol. The molecule has 0 heterocycles. The SMILES string of the molecule is C=C/C=C\C(=C/C)NC(=O)CCC. The van der Waals surface area contributed by atoms with E-state index in [-0.39, 0.29) is 5.91 Å². The van der Waals surface area contributed by atoms with E-state index in [1.165, 1.54) is 0 Å². The Morgan fingerprint density at radius 3 is 2.69 bits per heavy atom. The van der Waals surface area contributed by atoms with Gasteiger partial charge in [-0.05, 0) is 19.4 Å². The van der Waals surface area contributed by atoms with Crippen LogP contribution in [-0.2, 0) is 4.79 Å². The van der Waals surface area contributed by atoms with Gasteiger partial charge in [0.15, 0.2) is 0 Å². The minimum absolute atomic E-state index is 0.0595. The number of amides is 1. The fourth-order valence-corrected chi connectivity index (χ4v) is 0.832. The lowest BCUT2D eigenvalue weighted by Crippen LogP contribution is -2.20. The van der Waals surface area contributed by atoms with Gasteiger partial charge in [-0.15, -0.1) is 0 Å². The van der Waals surface area contributed by atoms with E-state index in [4.69, 9.17) is 0 Å². The maximum atomic E-state index is 11.2. The van der Waals surface area contributed by atoms with Gasteiger partial charge in [-0.2, -0.15) is 0 Å². The third-order valence-corrected chi connectivity index (χ3v) is 1.48. The molecule has 0 saturated heterocycles. The van der Waals surface area contributed by atoms with Gasteiger partial charge in [-0.25, -0.2) is 0 Å². The summed E-state index contributed by atoms with van der Waals surface area (Å²) < 4.78 is 0. The molecule has 0 bridgehead atoms. The van der Waals surface area contributed by atoms with Crippen LogP contribution in [0.3, 0.4) is 0 Å². The zero-order chi connectivity index (χ0) is 10.1. The number of carbonyl (C=O) groups excluding carboxylic acids is 1. The second kappa shape index (κ2) is 7.35. The molecule has 0 atom stereocenters. The van der Waals surface area contributed by atoms with Crippen LogP contribution in [0.25, 0.3) is 0 Å². The lowest BCUT2D eigenvalue weighted by molar-refractivity contribution is -0.120. The average Bonchev–Trinajstić information content (AvgIpc) is 2.12. The van der Waals surface area contributed by atoms with Gasteiger partial charge in [-0.3, -0.25) is 4.79 Å². The van der Waals surface area contributed by atoms with E-state index in [1.54, 1.807) is 12.2 Å². The summed E-state index contributed by atoms with van der Waals surface area (Å²) in [5.41, 5.74) is 0.818. The second-order valence-electron chi connectivity index (χ2n) is 2.64. The molecule has 0 fully saturated rings. The minimum Gasteiger partial charge on any atom is -0.326 e. The molecular formula is C11H17NO. The molecule has 13 heavy (non-hydrogen) atoms. The van der Waals surface area contributed by atoms with Gasteiger partial charge < -0.3 is 5.32 Å². The number of rotatable bonds is 5. The summed E-state index contributed by atoms with van der Waals surface area (Å²) in [5.74, 6) is 0.0595. The Morgan fingerprint density at radius 1 is 1.54 bits per heavy atom. The Balaban J connectivity index is 4.06. The number of allylic oxidation sites excluding steroid dienone is 4. The first-order chi connectivity index (χ1) is 6.24. The van der Waals surface area contributed by atoms with Crippen LogP contribution in [0.4, 0.5) is 0 Å². The van der Waals surface area contributed by atoms with Crippen LogP contribution in [0, 0.1) is 0 Å². The first-order valence-corrected chi connectivity index (χ1v) is 4.49. The van der Waals surface area contributed by atoms with Gasteiger partial charge in [0.2, 0.25) is 5.91 Å². The van der Waals surface area contributed by atoms with Crippen molar-refractivity contribution in [1.29, 1.82) is 0 Å². The summed E-state index contributed by atoms with van der Waals surface area (Å²) in [7, 11) is 0. The average molecular weight is 179 g/mol. The molecule has 2 heteroatoms. The predicted molar refractivity (Wildman–Crippen MR) is 56.1 cm³/mol. The van der Waals surface area contributed by atoms with Crippen LogP contribution >= 0.6 is 0 Å². The molecule has 0 unspecified atom stereocenters. The fourth-order valence-electron chi connectivity index (χ4n) is 0.832. The molecule has 0 spiro atoms. The minimum atomic E-state index is 0.0595. The Hall–Kier alpha value is -1.31. The maximum absolute atomic E-state index is 11.2. The van der Waals surface area contributed by atoms with Gasteiger partial charge in [0.05, 0.1) is 0 Å². The summed E-state index contributed by atoms with van der Waals surface area (Å²) in [6.07, 6.45) is 8.58. The molecule has 0 aromatic rings. The van der Waals surface area contributed by atoms with Crippen LogP contribution in [0.5, 0.6) is 0 Å². The first-order valence-electron chi connectivity index (χ1n) is 4.49. The van der Waals surface area contributed by atoms with Crippen molar-refractivity contribution < 1.29 is 4.79 Å². The quantitative estimate of drug-likeness (QED) is 0.646. The van der Waals surface area contributed by atoms with E-state index in [0.29, 0.717) is 6.42 Å². The molecule has 0 aromatic heterocycles. The van der Waals surface area contributed by atoms with E-state index < -0.39 is 0 Å². The molecule has 0 radical (unpaired) electrons. The van der Waals surface area contributed by atoms with E-state index in [2.05, 4.69) is 11.9 Å². The van der Waals surface area contributed by atoms with Gasteiger partial charge in [-0.1, -0.05) is 31.7 Å². The van der Waals surface area contributed by atoms with Crippen LogP contribution < -0.4 is 5.32 Å². The van der Waals surface area contributed by atoms with Crippen molar-refractivity contribution in [3.8, 4) is 0 Å². The number of nitrogens with one attached hydrogen (secondary N) is 1. The summed E-state index contributed by atoms with van der Waals surface area (Å²) in [6.45, 7) is 7.42. The standard InChI is InChI=1S/C11H17NO/c1-4-7-9-10(6-3)12-11(13)8-5-2/h4,6-7,9H,1,5,8H2,2-3H3,(H,12,13)/b9-7-,10-6+. The van der Waals surface area contributed by atoms with Gasteiger partial charge in [0.1, 0.15) is 0 Å². The largest absolute Gasteiger partial charge is 0.326 e. The second-order valence-corrected chi connectivity index (χ2v) is 2.64. The molecule has 72 valence electrons. The number of hydrogen-bond acceptors (Lipinski definition) is 1. The monoisotopic (exact) mass is 179 g/mol.